The molecule has 3 aromatic rings. The van der Waals surface area contributed by atoms with Gasteiger partial charge in [0.15, 0.2) is 4.80 Å². The van der Waals surface area contributed by atoms with Gasteiger partial charge in [0.2, 0.25) is 5.91 Å². The number of aromatic nitrogens is 1. The van der Waals surface area contributed by atoms with Crippen LogP contribution in [0, 0.1) is 0 Å². The van der Waals surface area contributed by atoms with Gasteiger partial charge in [0, 0.05) is 12.5 Å². The van der Waals surface area contributed by atoms with Gasteiger partial charge in [0.25, 0.3) is 11.5 Å². The highest BCUT2D eigenvalue weighted by atomic mass is 32.1. The number of allylic oxidation sites excluding steroid dienone is 1. The van der Waals surface area contributed by atoms with Gasteiger partial charge in [-0.1, -0.05) is 74.6 Å². The van der Waals surface area contributed by atoms with Crippen molar-refractivity contribution in [3.05, 3.63) is 96.2 Å². The van der Waals surface area contributed by atoms with Crippen molar-refractivity contribution < 1.29 is 19.1 Å². The highest BCUT2D eigenvalue weighted by molar-refractivity contribution is 7.07. The van der Waals surface area contributed by atoms with E-state index in [2.05, 4.69) is 25.8 Å². The Morgan fingerprint density at radius 3 is 2.33 bits per heavy atom. The van der Waals surface area contributed by atoms with Crippen molar-refractivity contribution >= 4 is 40.4 Å². The first-order chi connectivity index (χ1) is 18.5. The molecule has 39 heavy (non-hydrogen) atoms. The van der Waals surface area contributed by atoms with Crippen LogP contribution in [0.2, 0.25) is 0 Å². The molecule has 0 radical (unpaired) electrons. The Morgan fingerprint density at radius 2 is 1.72 bits per heavy atom. The van der Waals surface area contributed by atoms with Crippen LogP contribution in [0.4, 0.5) is 5.69 Å². The molecule has 3 heterocycles. The first kappa shape index (κ1) is 26.5. The van der Waals surface area contributed by atoms with Crippen molar-refractivity contribution in [1.29, 1.82) is 0 Å². The van der Waals surface area contributed by atoms with Gasteiger partial charge in [-0.05, 0) is 36.5 Å². The number of esters is 1. The molecule has 8 nitrogen and oxygen atoms in total. The molecule has 0 fully saturated rings. The molecule has 9 heteroatoms. The summed E-state index contributed by atoms with van der Waals surface area (Å²) in [6.07, 6.45) is 0. The van der Waals surface area contributed by atoms with E-state index in [0.29, 0.717) is 21.7 Å². The van der Waals surface area contributed by atoms with E-state index in [-0.39, 0.29) is 27.7 Å². The molecule has 0 N–H and O–H groups in total. The van der Waals surface area contributed by atoms with E-state index in [1.54, 1.807) is 38.1 Å². The second-order valence-electron chi connectivity index (χ2n) is 10.5. The number of ether oxygens (including phenoxy) is 1. The largest absolute Gasteiger partial charge is 0.463 e. The molecule has 0 saturated carbocycles. The van der Waals surface area contributed by atoms with Gasteiger partial charge in [-0.25, -0.2) is 14.7 Å². The van der Waals surface area contributed by atoms with Crippen LogP contribution in [0.3, 0.4) is 0 Å². The van der Waals surface area contributed by atoms with Crippen LogP contribution < -0.4 is 19.8 Å². The zero-order chi connectivity index (χ0) is 28.2. The molecule has 0 bridgehead atoms. The van der Waals surface area contributed by atoms with E-state index in [4.69, 9.17) is 4.74 Å². The van der Waals surface area contributed by atoms with E-state index in [9.17, 15) is 19.2 Å². The van der Waals surface area contributed by atoms with Crippen LogP contribution in [0.5, 0.6) is 0 Å². The standard InChI is InChI=1S/C30H29N3O5S/c1-7-38-28(37)22-16(2)31-29-33(24(22)18-12-14-19(15-13-18)30(4,5)6)27(36)25(39-29)23-20-10-8-9-11-21(20)32(17(3)34)26(23)35/h8-15,24H,7H2,1-6H3. The topological polar surface area (TPSA) is 98.0 Å². The van der Waals surface area contributed by atoms with Crippen molar-refractivity contribution in [3.63, 3.8) is 0 Å². The van der Waals surface area contributed by atoms with Gasteiger partial charge in [0.05, 0.1) is 35.2 Å². The number of para-hydroxylation sites is 1. The molecule has 2 aliphatic heterocycles. The van der Waals surface area contributed by atoms with Gasteiger partial charge >= 0.3 is 5.97 Å². The second-order valence-corrected chi connectivity index (χ2v) is 11.5. The molecule has 0 aliphatic carbocycles. The van der Waals surface area contributed by atoms with Crippen LogP contribution in [0.25, 0.3) is 5.57 Å². The number of thiazole rings is 1. The van der Waals surface area contributed by atoms with Crippen molar-refractivity contribution in [2.24, 2.45) is 4.99 Å². The Morgan fingerprint density at radius 1 is 1.05 bits per heavy atom. The SMILES string of the molecule is CCOC(=O)C1=C(C)N=c2sc(=C3C(=O)N(C(C)=O)c4ccccc43)c(=O)n2C1c1ccc(C(C)(C)C)cc1. The quantitative estimate of drug-likeness (QED) is 0.472. The fraction of sp³-hybridized carbons (Fsp3) is 0.300. The lowest BCUT2D eigenvalue weighted by Gasteiger charge is -2.26. The minimum Gasteiger partial charge on any atom is -0.463 e. The van der Waals surface area contributed by atoms with Crippen LogP contribution >= 0.6 is 11.3 Å². The summed E-state index contributed by atoms with van der Waals surface area (Å²) in [5.41, 5.74) is 3.12. The predicted octanol–water partition coefficient (Wildman–Crippen LogP) is 3.36. The third kappa shape index (κ3) is 4.27. The van der Waals surface area contributed by atoms with Crippen molar-refractivity contribution in [2.45, 2.75) is 53.0 Å². The smallest absolute Gasteiger partial charge is 0.338 e. The molecule has 1 unspecified atom stereocenters. The number of nitrogens with zero attached hydrogens (tertiary/aromatic N) is 3. The zero-order valence-corrected chi connectivity index (χ0v) is 23.5. The molecule has 2 aromatic carbocycles. The number of carbonyl (C=O) groups excluding carboxylic acids is 3. The number of anilines is 1. The van der Waals surface area contributed by atoms with E-state index in [1.807, 2.05) is 24.3 Å². The number of carbonyl (C=O) groups is 3. The summed E-state index contributed by atoms with van der Waals surface area (Å²) in [7, 11) is 0. The lowest BCUT2D eigenvalue weighted by molar-refractivity contribution is -0.139. The molecule has 0 spiro atoms. The summed E-state index contributed by atoms with van der Waals surface area (Å²) < 4.78 is 7.01. The Kier molecular flexibility index (Phi) is 6.50. The lowest BCUT2D eigenvalue weighted by atomic mass is 9.85. The summed E-state index contributed by atoms with van der Waals surface area (Å²) in [4.78, 5) is 59.2. The fourth-order valence-corrected chi connectivity index (χ4v) is 6.21. The number of hydrogen-bond donors (Lipinski definition) is 0. The van der Waals surface area contributed by atoms with Gasteiger partial charge < -0.3 is 4.74 Å². The maximum absolute atomic E-state index is 14.1. The summed E-state index contributed by atoms with van der Waals surface area (Å²) in [6, 6.07) is 13.9. The third-order valence-electron chi connectivity index (χ3n) is 6.96. The molecular formula is C30H29N3O5S. The molecule has 200 valence electrons. The van der Waals surface area contributed by atoms with E-state index in [0.717, 1.165) is 27.4 Å². The predicted molar refractivity (Wildman–Crippen MR) is 149 cm³/mol. The molecule has 1 aromatic heterocycles. The Hall–Kier alpha value is -4.11. The molecule has 2 amide bonds. The van der Waals surface area contributed by atoms with Crippen molar-refractivity contribution in [1.82, 2.24) is 4.57 Å². The number of amides is 2. The Labute approximate surface area is 229 Å². The molecular weight excluding hydrogens is 514 g/mol. The average Bonchev–Trinajstić information content (AvgIpc) is 3.35. The maximum Gasteiger partial charge on any atom is 0.338 e. The highest BCUT2D eigenvalue weighted by Crippen LogP contribution is 2.36. The summed E-state index contributed by atoms with van der Waals surface area (Å²) in [5, 5.41) is 0. The van der Waals surface area contributed by atoms with Crippen molar-refractivity contribution in [3.8, 4) is 0 Å². The van der Waals surface area contributed by atoms with Crippen LogP contribution in [-0.2, 0) is 24.5 Å². The number of imide groups is 1. The summed E-state index contributed by atoms with van der Waals surface area (Å²) in [6.45, 7) is 11.3. The minimum atomic E-state index is -0.792. The van der Waals surface area contributed by atoms with Crippen molar-refractivity contribution in [2.75, 3.05) is 11.5 Å². The van der Waals surface area contributed by atoms with E-state index >= 15 is 0 Å². The van der Waals surface area contributed by atoms with Gasteiger partial charge in [0.1, 0.15) is 4.53 Å². The number of fused-ring (bicyclic) bond motifs is 2. The van der Waals surface area contributed by atoms with Gasteiger partial charge in [-0.15, -0.1) is 0 Å². The van der Waals surface area contributed by atoms with Gasteiger partial charge in [-0.2, -0.15) is 0 Å². The first-order valence-electron chi connectivity index (χ1n) is 12.7. The van der Waals surface area contributed by atoms with Crippen LogP contribution in [0.1, 0.15) is 64.3 Å². The number of hydrogen-bond acceptors (Lipinski definition) is 7. The van der Waals surface area contributed by atoms with E-state index in [1.165, 1.54) is 11.5 Å². The van der Waals surface area contributed by atoms with Crippen LogP contribution in [0.15, 0.2) is 69.6 Å². The maximum atomic E-state index is 14.1. The molecule has 2 aliphatic rings. The third-order valence-corrected chi connectivity index (χ3v) is 8.01. The average molecular weight is 544 g/mol. The molecule has 5 rings (SSSR count). The number of benzene rings is 2. The second kappa shape index (κ2) is 9.57. The lowest BCUT2D eigenvalue weighted by Crippen LogP contribution is -2.41. The Balaban J connectivity index is 1.80. The van der Waals surface area contributed by atoms with Crippen LogP contribution in [-0.4, -0.2) is 29.0 Å². The molecule has 1 atom stereocenters. The molecule has 0 saturated heterocycles. The number of rotatable bonds is 3. The Bertz CT molecular complexity index is 1750. The first-order valence-corrected chi connectivity index (χ1v) is 13.5. The van der Waals surface area contributed by atoms with Gasteiger partial charge in [-0.3, -0.25) is 19.0 Å². The minimum absolute atomic E-state index is 0.0802. The highest BCUT2D eigenvalue weighted by Gasteiger charge is 2.38. The monoisotopic (exact) mass is 543 g/mol. The fourth-order valence-electron chi connectivity index (χ4n) is 5.07. The zero-order valence-electron chi connectivity index (χ0n) is 22.7. The van der Waals surface area contributed by atoms with E-state index < -0.39 is 29.4 Å². The normalized spacial score (nSPS) is 18.1. The summed E-state index contributed by atoms with van der Waals surface area (Å²) >= 11 is 1.08. The summed E-state index contributed by atoms with van der Waals surface area (Å²) in [5.74, 6) is -1.54.